The highest BCUT2D eigenvalue weighted by atomic mass is 35.5. The van der Waals surface area contributed by atoms with Crippen LogP contribution in [0.5, 0.6) is 0 Å². The number of hydrogen-bond acceptors (Lipinski definition) is 2. The standard InChI is InChI=1S/C7H9ClO2/c1-3-4-6(2)5-10-7(8)9/h3-4H,1,5H2,2H3/b6-4+. The fourth-order valence-electron chi connectivity index (χ4n) is 0.420. The number of carbonyl (C=O) groups is 1. The van der Waals surface area contributed by atoms with Crippen molar-refractivity contribution in [2.75, 3.05) is 6.61 Å². The molecule has 0 aromatic heterocycles. The summed E-state index contributed by atoms with van der Waals surface area (Å²) in [6.45, 7) is 5.53. The van der Waals surface area contributed by atoms with Crippen molar-refractivity contribution in [1.29, 1.82) is 0 Å². The van der Waals surface area contributed by atoms with Gasteiger partial charge < -0.3 is 4.74 Å². The molecule has 0 rings (SSSR count). The van der Waals surface area contributed by atoms with Gasteiger partial charge in [-0.15, -0.1) is 0 Å². The van der Waals surface area contributed by atoms with Gasteiger partial charge in [-0.05, 0) is 12.5 Å². The maximum atomic E-state index is 10.0. The van der Waals surface area contributed by atoms with Gasteiger partial charge in [0, 0.05) is 11.6 Å². The van der Waals surface area contributed by atoms with E-state index in [9.17, 15) is 4.79 Å². The molecule has 3 heteroatoms. The van der Waals surface area contributed by atoms with Gasteiger partial charge in [-0.2, -0.15) is 0 Å². The minimum Gasteiger partial charge on any atom is -0.449 e. The van der Waals surface area contributed by atoms with Crippen molar-refractivity contribution in [1.82, 2.24) is 0 Å². The Hall–Kier alpha value is -0.760. The Balaban J connectivity index is 3.58. The van der Waals surface area contributed by atoms with Crippen LogP contribution in [0.3, 0.4) is 0 Å². The summed E-state index contributed by atoms with van der Waals surface area (Å²) in [6, 6.07) is 0. The third-order valence-electron chi connectivity index (χ3n) is 0.816. The number of ether oxygens (including phenoxy) is 1. The molecule has 2 nitrogen and oxygen atoms in total. The van der Waals surface area contributed by atoms with Crippen molar-refractivity contribution in [3.05, 3.63) is 24.3 Å². The van der Waals surface area contributed by atoms with E-state index in [0.717, 1.165) is 5.57 Å². The molecule has 0 saturated carbocycles. The van der Waals surface area contributed by atoms with Crippen LogP contribution < -0.4 is 0 Å². The van der Waals surface area contributed by atoms with Gasteiger partial charge in [0.1, 0.15) is 6.61 Å². The van der Waals surface area contributed by atoms with Gasteiger partial charge in [0.25, 0.3) is 0 Å². The quantitative estimate of drug-likeness (QED) is 0.469. The van der Waals surface area contributed by atoms with Crippen molar-refractivity contribution < 1.29 is 9.53 Å². The molecular formula is C7H9ClO2. The number of halogens is 1. The molecule has 0 aliphatic carbocycles. The Morgan fingerprint density at radius 1 is 1.80 bits per heavy atom. The third-order valence-corrected chi connectivity index (χ3v) is 0.925. The Labute approximate surface area is 65.1 Å². The molecule has 0 fully saturated rings. The maximum Gasteiger partial charge on any atom is 0.404 e. The van der Waals surface area contributed by atoms with Gasteiger partial charge in [0.05, 0.1) is 0 Å². The summed E-state index contributed by atoms with van der Waals surface area (Å²) < 4.78 is 4.47. The molecular weight excluding hydrogens is 152 g/mol. The maximum absolute atomic E-state index is 10.0. The molecule has 0 atom stereocenters. The molecule has 0 aliphatic heterocycles. The van der Waals surface area contributed by atoms with Gasteiger partial charge >= 0.3 is 5.43 Å². The minimum atomic E-state index is -0.781. The highest BCUT2D eigenvalue weighted by Gasteiger charge is 1.94. The summed E-state index contributed by atoms with van der Waals surface area (Å²) in [5, 5.41) is 0. The van der Waals surface area contributed by atoms with E-state index in [1.807, 2.05) is 6.92 Å². The monoisotopic (exact) mass is 160 g/mol. The predicted octanol–water partition coefficient (Wildman–Crippen LogP) is 2.49. The van der Waals surface area contributed by atoms with Crippen LogP contribution in [0.25, 0.3) is 0 Å². The summed E-state index contributed by atoms with van der Waals surface area (Å²) in [4.78, 5) is 10.0. The largest absolute Gasteiger partial charge is 0.449 e. The Kier molecular flexibility index (Phi) is 4.67. The van der Waals surface area contributed by atoms with Crippen molar-refractivity contribution in [2.24, 2.45) is 0 Å². The molecule has 0 spiro atoms. The first-order valence-electron chi connectivity index (χ1n) is 2.77. The second kappa shape index (κ2) is 5.06. The summed E-state index contributed by atoms with van der Waals surface area (Å²) in [6.07, 6.45) is 3.37. The first-order valence-corrected chi connectivity index (χ1v) is 3.15. The molecule has 0 heterocycles. The molecule has 0 aliphatic rings. The van der Waals surface area contributed by atoms with Gasteiger partial charge in [-0.25, -0.2) is 4.79 Å². The molecule has 0 amide bonds. The van der Waals surface area contributed by atoms with Crippen LogP contribution in [0, 0.1) is 0 Å². The lowest BCUT2D eigenvalue weighted by Gasteiger charge is -1.97. The lowest BCUT2D eigenvalue weighted by atomic mass is 10.3. The van der Waals surface area contributed by atoms with Crippen molar-refractivity contribution in [3.8, 4) is 0 Å². The highest BCUT2D eigenvalue weighted by Crippen LogP contribution is 1.96. The van der Waals surface area contributed by atoms with E-state index < -0.39 is 5.43 Å². The molecule has 0 N–H and O–H groups in total. The lowest BCUT2D eigenvalue weighted by Crippen LogP contribution is -1.96. The van der Waals surface area contributed by atoms with Gasteiger partial charge in [0.15, 0.2) is 0 Å². The van der Waals surface area contributed by atoms with Crippen LogP contribution in [0.15, 0.2) is 24.3 Å². The lowest BCUT2D eigenvalue weighted by molar-refractivity contribution is 0.183. The molecule has 56 valence electrons. The number of carbonyl (C=O) groups excluding carboxylic acids is 1. The molecule has 0 bridgehead atoms. The summed E-state index contributed by atoms with van der Waals surface area (Å²) in [5.41, 5.74) is 0.126. The van der Waals surface area contributed by atoms with Gasteiger partial charge in [-0.1, -0.05) is 18.7 Å². The molecule has 0 saturated heterocycles. The Bertz CT molecular complexity index is 161. The fourth-order valence-corrected chi connectivity index (χ4v) is 0.474. The van der Waals surface area contributed by atoms with E-state index in [2.05, 4.69) is 11.3 Å². The van der Waals surface area contributed by atoms with Crippen LogP contribution >= 0.6 is 11.6 Å². The van der Waals surface area contributed by atoms with Crippen molar-refractivity contribution in [3.63, 3.8) is 0 Å². The zero-order chi connectivity index (χ0) is 7.98. The summed E-state index contributed by atoms with van der Waals surface area (Å²) in [5.74, 6) is 0. The van der Waals surface area contributed by atoms with Crippen LogP contribution in [-0.2, 0) is 4.74 Å². The van der Waals surface area contributed by atoms with E-state index in [-0.39, 0.29) is 6.61 Å². The average molecular weight is 161 g/mol. The summed E-state index contributed by atoms with van der Waals surface area (Å²) >= 11 is 4.91. The number of hydrogen-bond donors (Lipinski definition) is 0. The third kappa shape index (κ3) is 5.38. The molecule has 0 unspecified atom stereocenters. The average Bonchev–Trinajstić information content (AvgIpc) is 1.85. The van der Waals surface area contributed by atoms with Crippen LogP contribution in [0.4, 0.5) is 4.79 Å². The van der Waals surface area contributed by atoms with Crippen LogP contribution in [-0.4, -0.2) is 12.0 Å². The van der Waals surface area contributed by atoms with Gasteiger partial charge in [0.2, 0.25) is 0 Å². The van der Waals surface area contributed by atoms with E-state index in [0.29, 0.717) is 0 Å². The molecule has 10 heavy (non-hydrogen) atoms. The first kappa shape index (κ1) is 9.24. The zero-order valence-corrected chi connectivity index (χ0v) is 6.52. The Morgan fingerprint density at radius 3 is 2.80 bits per heavy atom. The van der Waals surface area contributed by atoms with Crippen LogP contribution in [0.1, 0.15) is 6.92 Å². The SMILES string of the molecule is C=C/C=C(\C)COC(=O)Cl. The highest BCUT2D eigenvalue weighted by molar-refractivity contribution is 6.61. The molecule has 0 aromatic carbocycles. The van der Waals surface area contributed by atoms with E-state index in [1.54, 1.807) is 12.2 Å². The summed E-state index contributed by atoms with van der Waals surface area (Å²) in [7, 11) is 0. The number of rotatable bonds is 3. The van der Waals surface area contributed by atoms with E-state index in [1.165, 1.54) is 0 Å². The minimum absolute atomic E-state index is 0.231. The second-order valence-corrected chi connectivity index (χ2v) is 2.08. The van der Waals surface area contributed by atoms with Gasteiger partial charge in [-0.3, -0.25) is 0 Å². The zero-order valence-electron chi connectivity index (χ0n) is 5.76. The topological polar surface area (TPSA) is 26.3 Å². The second-order valence-electron chi connectivity index (χ2n) is 1.78. The Morgan fingerprint density at radius 2 is 2.40 bits per heavy atom. The van der Waals surface area contributed by atoms with Crippen LogP contribution in [0.2, 0.25) is 0 Å². The first-order chi connectivity index (χ1) is 4.66. The van der Waals surface area contributed by atoms with E-state index in [4.69, 9.17) is 11.6 Å². The molecule has 0 radical (unpaired) electrons. The molecule has 0 aromatic rings. The van der Waals surface area contributed by atoms with Crippen molar-refractivity contribution in [2.45, 2.75) is 6.92 Å². The number of allylic oxidation sites excluding steroid dienone is 2. The van der Waals surface area contributed by atoms with E-state index >= 15 is 0 Å². The van der Waals surface area contributed by atoms with Crippen molar-refractivity contribution >= 4 is 17.0 Å². The smallest absolute Gasteiger partial charge is 0.404 e. The predicted molar refractivity (Wildman–Crippen MR) is 41.2 cm³/mol. The normalized spacial score (nSPS) is 10.8. The fraction of sp³-hybridized carbons (Fsp3) is 0.286.